The molecule has 0 radical (unpaired) electrons. The zero-order valence-electron chi connectivity index (χ0n) is 15.9. The number of benzene rings is 1. The number of pyridine rings is 1. The van der Waals surface area contributed by atoms with Gasteiger partial charge in [0, 0.05) is 26.6 Å². The Morgan fingerprint density at radius 3 is 2.57 bits per heavy atom. The maximum atomic E-state index is 13.4. The Balaban J connectivity index is 2.06. The molecule has 1 unspecified atom stereocenters. The Bertz CT molecular complexity index is 930. The Hall–Kier alpha value is -3.55. The standard InChI is InChI=1S/C20H21N4O4/c1-4-22(2)24-18(26)20(28-19(24)27,13-15-9-6-5-7-10-15)17(25)23(3)16-11-8-12-21-14-16/h4-12,14H,13H2,1-3H3/q+1. The molecule has 8 nitrogen and oxygen atoms in total. The van der Waals surface area contributed by atoms with E-state index in [4.69, 9.17) is 4.74 Å². The van der Waals surface area contributed by atoms with Gasteiger partial charge in [0.15, 0.2) is 13.3 Å². The largest absolute Gasteiger partial charge is 0.472 e. The van der Waals surface area contributed by atoms with E-state index in [9.17, 15) is 14.4 Å². The summed E-state index contributed by atoms with van der Waals surface area (Å²) in [4.78, 5) is 44.5. The smallest absolute Gasteiger partial charge is 0.418 e. The topological polar surface area (TPSA) is 82.8 Å². The van der Waals surface area contributed by atoms with Gasteiger partial charge in [0.25, 0.3) is 11.5 Å². The van der Waals surface area contributed by atoms with Crippen LogP contribution in [-0.2, 0) is 20.7 Å². The van der Waals surface area contributed by atoms with Gasteiger partial charge in [-0.15, -0.1) is 4.68 Å². The van der Waals surface area contributed by atoms with Crippen LogP contribution in [0.2, 0.25) is 0 Å². The van der Waals surface area contributed by atoms with Crippen molar-refractivity contribution >= 4 is 29.8 Å². The summed E-state index contributed by atoms with van der Waals surface area (Å²) in [5.41, 5.74) is -0.820. The predicted octanol–water partition coefficient (Wildman–Crippen LogP) is 1.65. The summed E-state index contributed by atoms with van der Waals surface area (Å²) in [6.07, 6.45) is 3.65. The molecule has 0 spiro atoms. The fourth-order valence-corrected chi connectivity index (χ4v) is 3.02. The van der Waals surface area contributed by atoms with Crippen molar-refractivity contribution < 1.29 is 23.8 Å². The molecule has 0 bridgehead atoms. The average molecular weight is 381 g/mol. The van der Waals surface area contributed by atoms with Crippen molar-refractivity contribution in [2.45, 2.75) is 18.9 Å². The van der Waals surface area contributed by atoms with Gasteiger partial charge in [-0.1, -0.05) is 30.3 Å². The van der Waals surface area contributed by atoms with E-state index in [2.05, 4.69) is 4.98 Å². The van der Waals surface area contributed by atoms with Crippen LogP contribution in [0.25, 0.3) is 0 Å². The Morgan fingerprint density at radius 2 is 1.96 bits per heavy atom. The number of hydrogen-bond donors (Lipinski definition) is 0. The zero-order chi connectivity index (χ0) is 20.3. The summed E-state index contributed by atoms with van der Waals surface area (Å²) in [6.45, 7) is 1.67. The lowest BCUT2D eigenvalue weighted by Crippen LogP contribution is -2.56. The van der Waals surface area contributed by atoms with Crippen LogP contribution in [0, 0.1) is 0 Å². The minimum absolute atomic E-state index is 0.0735. The molecular weight excluding hydrogens is 360 g/mol. The number of rotatable bonds is 5. The average Bonchev–Trinajstić information content (AvgIpc) is 2.98. The van der Waals surface area contributed by atoms with E-state index >= 15 is 0 Å². The van der Waals surface area contributed by atoms with Gasteiger partial charge in [0.05, 0.1) is 11.9 Å². The van der Waals surface area contributed by atoms with E-state index in [1.807, 2.05) is 6.07 Å². The number of likely N-dealkylation sites (N-methyl/N-ethyl adjacent to an activating group) is 1. The third-order valence-corrected chi connectivity index (χ3v) is 4.64. The van der Waals surface area contributed by atoms with Gasteiger partial charge in [-0.25, -0.2) is 4.79 Å². The number of cyclic esters (lactones) is 1. The second-order valence-electron chi connectivity index (χ2n) is 6.38. The van der Waals surface area contributed by atoms with Crippen LogP contribution in [-0.4, -0.2) is 58.5 Å². The highest BCUT2D eigenvalue weighted by molar-refractivity contribution is 6.20. The molecule has 1 aromatic heterocycles. The molecule has 1 aliphatic rings. The highest BCUT2D eigenvalue weighted by Gasteiger charge is 2.64. The van der Waals surface area contributed by atoms with Crippen molar-refractivity contribution in [2.24, 2.45) is 0 Å². The first kappa shape index (κ1) is 19.2. The van der Waals surface area contributed by atoms with E-state index in [0.29, 0.717) is 11.3 Å². The number of amides is 3. The van der Waals surface area contributed by atoms with Crippen LogP contribution in [0.5, 0.6) is 0 Å². The first-order valence-corrected chi connectivity index (χ1v) is 8.72. The molecule has 1 aromatic carbocycles. The summed E-state index contributed by atoms with van der Waals surface area (Å²) in [6, 6.07) is 12.3. The minimum atomic E-state index is -2.00. The molecule has 0 N–H and O–H groups in total. The summed E-state index contributed by atoms with van der Waals surface area (Å²) < 4.78 is 6.77. The molecule has 0 saturated carbocycles. The molecule has 2 aromatic rings. The zero-order valence-corrected chi connectivity index (χ0v) is 15.9. The van der Waals surface area contributed by atoms with Crippen LogP contribution < -0.4 is 4.90 Å². The normalized spacial score (nSPS) is 19.5. The molecular formula is C20H21N4O4+. The molecule has 1 saturated heterocycles. The van der Waals surface area contributed by atoms with Crippen molar-refractivity contribution in [1.29, 1.82) is 0 Å². The summed E-state index contributed by atoms with van der Waals surface area (Å²) >= 11 is 0. The third-order valence-electron chi connectivity index (χ3n) is 4.64. The van der Waals surface area contributed by atoms with Crippen molar-refractivity contribution in [3.8, 4) is 0 Å². The van der Waals surface area contributed by atoms with Crippen molar-refractivity contribution in [1.82, 2.24) is 9.99 Å². The molecule has 3 amide bonds. The number of carbonyl (C=O) groups is 3. The lowest BCUT2D eigenvalue weighted by molar-refractivity contribution is -0.622. The van der Waals surface area contributed by atoms with Gasteiger partial charge in [-0.3, -0.25) is 14.6 Å². The van der Waals surface area contributed by atoms with Gasteiger partial charge < -0.3 is 9.64 Å². The number of aromatic nitrogens is 1. The Morgan fingerprint density at radius 1 is 1.25 bits per heavy atom. The number of nitrogens with zero attached hydrogens (tertiary/aromatic N) is 4. The highest BCUT2D eigenvalue weighted by Crippen LogP contribution is 2.31. The number of ether oxygens (including phenoxy) is 1. The number of hydrazine groups is 1. The van der Waals surface area contributed by atoms with E-state index in [1.165, 1.54) is 36.1 Å². The van der Waals surface area contributed by atoms with E-state index in [-0.39, 0.29) is 6.42 Å². The number of hydrogen-bond acceptors (Lipinski definition) is 5. The molecule has 28 heavy (non-hydrogen) atoms. The maximum Gasteiger partial charge on any atom is 0.472 e. The van der Waals surface area contributed by atoms with Crippen molar-refractivity contribution in [3.05, 3.63) is 60.4 Å². The van der Waals surface area contributed by atoms with Gasteiger partial charge in [0.1, 0.15) is 0 Å². The highest BCUT2D eigenvalue weighted by atomic mass is 16.6. The molecule has 144 valence electrons. The van der Waals surface area contributed by atoms with Gasteiger partial charge in [-0.05, 0) is 22.7 Å². The van der Waals surface area contributed by atoms with Crippen LogP contribution in [0.4, 0.5) is 10.5 Å². The SMILES string of the molecule is CC=[N+](C)N1C(=O)OC(Cc2ccccc2)(C(=O)N(C)c2cccnc2)C1=O. The number of hydrazone groups is 1. The second kappa shape index (κ2) is 7.59. The molecule has 2 heterocycles. The van der Waals surface area contributed by atoms with Crippen LogP contribution in [0.3, 0.4) is 0 Å². The molecule has 3 rings (SSSR count). The molecule has 0 aliphatic carbocycles. The lowest BCUT2D eigenvalue weighted by Gasteiger charge is -2.28. The van der Waals surface area contributed by atoms with E-state index in [0.717, 1.165) is 5.01 Å². The quantitative estimate of drug-likeness (QED) is 0.447. The number of carbonyl (C=O) groups excluding carboxylic acids is 3. The molecule has 1 fully saturated rings. The minimum Gasteiger partial charge on any atom is -0.418 e. The van der Waals surface area contributed by atoms with Crippen LogP contribution >= 0.6 is 0 Å². The van der Waals surface area contributed by atoms with Crippen molar-refractivity contribution in [3.63, 3.8) is 0 Å². The predicted molar refractivity (Wildman–Crippen MR) is 102 cm³/mol. The summed E-state index contributed by atoms with van der Waals surface area (Å²) in [5, 5.41) is 0.831. The summed E-state index contributed by atoms with van der Waals surface area (Å²) in [7, 11) is 3.05. The van der Waals surface area contributed by atoms with Gasteiger partial charge >= 0.3 is 12.0 Å². The fraction of sp³-hybridized carbons (Fsp3) is 0.250. The third kappa shape index (κ3) is 3.24. The number of anilines is 1. The Kier molecular flexibility index (Phi) is 5.21. The number of imide groups is 1. The maximum absolute atomic E-state index is 13.4. The van der Waals surface area contributed by atoms with Crippen molar-refractivity contribution in [2.75, 3.05) is 19.0 Å². The fourth-order valence-electron chi connectivity index (χ4n) is 3.02. The molecule has 1 aliphatic heterocycles. The molecule has 8 heteroatoms. The van der Waals surface area contributed by atoms with Crippen LogP contribution in [0.1, 0.15) is 12.5 Å². The van der Waals surface area contributed by atoms with Gasteiger partial charge in [0.2, 0.25) is 0 Å². The Labute approximate surface area is 162 Å². The second-order valence-corrected chi connectivity index (χ2v) is 6.38. The monoisotopic (exact) mass is 381 g/mol. The summed E-state index contributed by atoms with van der Waals surface area (Å²) in [5.74, 6) is -1.38. The molecule has 1 atom stereocenters. The first-order valence-electron chi connectivity index (χ1n) is 8.72. The van der Waals surface area contributed by atoms with E-state index < -0.39 is 23.5 Å². The van der Waals surface area contributed by atoms with Gasteiger partial charge in [-0.2, -0.15) is 0 Å². The lowest BCUT2D eigenvalue weighted by atomic mass is 9.92. The first-order chi connectivity index (χ1) is 13.4. The van der Waals surface area contributed by atoms with E-state index in [1.54, 1.807) is 49.5 Å². The van der Waals surface area contributed by atoms with Crippen LogP contribution in [0.15, 0.2) is 54.9 Å².